The van der Waals surface area contributed by atoms with Crippen LogP contribution in [0, 0.1) is 0 Å². The molecule has 9 nitrogen and oxygen atoms in total. The average Bonchev–Trinajstić information content (AvgIpc) is 3.26. The lowest BCUT2D eigenvalue weighted by Gasteiger charge is -2.12. The van der Waals surface area contributed by atoms with Gasteiger partial charge in [-0.1, -0.05) is 12.8 Å². The minimum absolute atomic E-state index is 0.0547. The summed E-state index contributed by atoms with van der Waals surface area (Å²) in [5, 5.41) is 11.2. The van der Waals surface area contributed by atoms with Gasteiger partial charge in [0.2, 0.25) is 5.91 Å². The highest BCUT2D eigenvalue weighted by Crippen LogP contribution is 2.31. The van der Waals surface area contributed by atoms with E-state index in [0.29, 0.717) is 36.1 Å². The Morgan fingerprint density at radius 3 is 2.67 bits per heavy atom. The predicted molar refractivity (Wildman–Crippen MR) is 111 cm³/mol. The summed E-state index contributed by atoms with van der Waals surface area (Å²) in [4.78, 5) is 27.2. The lowest BCUT2D eigenvalue weighted by atomic mass is 10.2. The molecule has 1 fully saturated rings. The van der Waals surface area contributed by atoms with Gasteiger partial charge in [0.25, 0.3) is 5.56 Å². The molecule has 0 unspecified atom stereocenters. The average molecular weight is 416 g/mol. The van der Waals surface area contributed by atoms with E-state index in [1.54, 1.807) is 25.3 Å². The molecule has 0 bridgehead atoms. The minimum Gasteiger partial charge on any atom is -0.493 e. The number of amides is 1. The summed E-state index contributed by atoms with van der Waals surface area (Å²) in [5.74, 6) is 1.35. The predicted octanol–water partition coefficient (Wildman–Crippen LogP) is 1.86. The van der Waals surface area contributed by atoms with Crippen molar-refractivity contribution in [2.24, 2.45) is 0 Å². The molecule has 1 amide bonds. The highest BCUT2D eigenvalue weighted by molar-refractivity contribution is 5.76. The first-order chi connectivity index (χ1) is 14.6. The van der Waals surface area contributed by atoms with Crippen LogP contribution in [0.4, 0.5) is 0 Å². The van der Waals surface area contributed by atoms with E-state index >= 15 is 0 Å². The van der Waals surface area contributed by atoms with Crippen LogP contribution in [-0.2, 0) is 16.0 Å². The number of ether oxygens (including phenoxy) is 3. The summed E-state index contributed by atoms with van der Waals surface area (Å²) in [6, 6.07) is 5.49. The SMILES string of the molecule is COCCOc1ccc(-c2nnc(CCC(=O)NC3CCCC3)c(=O)[nH]2)cc1OC. The molecule has 0 spiro atoms. The molecule has 1 saturated carbocycles. The molecule has 2 N–H and O–H groups in total. The number of carbonyl (C=O) groups is 1. The van der Waals surface area contributed by atoms with Crippen molar-refractivity contribution in [2.75, 3.05) is 27.4 Å². The summed E-state index contributed by atoms with van der Waals surface area (Å²) >= 11 is 0. The first-order valence-corrected chi connectivity index (χ1v) is 10.2. The summed E-state index contributed by atoms with van der Waals surface area (Å²) in [6.07, 6.45) is 4.83. The van der Waals surface area contributed by atoms with E-state index < -0.39 is 0 Å². The van der Waals surface area contributed by atoms with Gasteiger partial charge in [0.1, 0.15) is 12.3 Å². The minimum atomic E-state index is -0.354. The third-order valence-corrected chi connectivity index (χ3v) is 5.06. The van der Waals surface area contributed by atoms with Gasteiger partial charge in [-0.25, -0.2) is 0 Å². The molecule has 0 aliphatic heterocycles. The van der Waals surface area contributed by atoms with E-state index in [1.807, 2.05) is 0 Å². The number of benzene rings is 1. The molecule has 162 valence electrons. The fourth-order valence-electron chi connectivity index (χ4n) is 3.42. The number of aromatic amines is 1. The van der Waals surface area contributed by atoms with E-state index in [0.717, 1.165) is 25.7 Å². The Balaban J connectivity index is 1.64. The number of carbonyl (C=O) groups excluding carboxylic acids is 1. The van der Waals surface area contributed by atoms with Gasteiger partial charge in [-0.2, -0.15) is 0 Å². The number of H-pyrrole nitrogens is 1. The number of methoxy groups -OCH3 is 2. The zero-order valence-corrected chi connectivity index (χ0v) is 17.4. The number of hydrogen-bond acceptors (Lipinski definition) is 7. The lowest BCUT2D eigenvalue weighted by Crippen LogP contribution is -2.33. The second-order valence-corrected chi connectivity index (χ2v) is 7.21. The molecule has 0 atom stereocenters. The summed E-state index contributed by atoms with van der Waals surface area (Å²) in [5.41, 5.74) is 0.529. The Kier molecular flexibility index (Phi) is 7.78. The van der Waals surface area contributed by atoms with Crippen molar-refractivity contribution < 1.29 is 19.0 Å². The number of aromatic nitrogens is 3. The quantitative estimate of drug-likeness (QED) is 0.568. The number of hydrogen-bond donors (Lipinski definition) is 2. The molecule has 1 aliphatic rings. The van der Waals surface area contributed by atoms with Crippen LogP contribution < -0.4 is 20.3 Å². The summed E-state index contributed by atoms with van der Waals surface area (Å²) in [7, 11) is 3.14. The van der Waals surface area contributed by atoms with Crippen molar-refractivity contribution in [3.8, 4) is 22.9 Å². The van der Waals surface area contributed by atoms with Gasteiger partial charge >= 0.3 is 0 Å². The van der Waals surface area contributed by atoms with Gasteiger partial charge in [-0.3, -0.25) is 9.59 Å². The monoisotopic (exact) mass is 416 g/mol. The molecule has 2 aromatic rings. The normalized spacial score (nSPS) is 13.9. The van der Waals surface area contributed by atoms with Crippen LogP contribution >= 0.6 is 0 Å². The second kappa shape index (κ2) is 10.7. The van der Waals surface area contributed by atoms with E-state index in [1.165, 1.54) is 7.11 Å². The smallest absolute Gasteiger partial charge is 0.273 e. The molecule has 0 saturated heterocycles. The molecule has 0 radical (unpaired) electrons. The summed E-state index contributed by atoms with van der Waals surface area (Å²) < 4.78 is 15.9. The maximum atomic E-state index is 12.4. The van der Waals surface area contributed by atoms with Crippen molar-refractivity contribution in [1.29, 1.82) is 0 Å². The van der Waals surface area contributed by atoms with Crippen molar-refractivity contribution in [3.05, 3.63) is 34.2 Å². The molecule has 9 heteroatoms. The van der Waals surface area contributed by atoms with Crippen LogP contribution in [0.2, 0.25) is 0 Å². The highest BCUT2D eigenvalue weighted by atomic mass is 16.5. The standard InChI is InChI=1S/C21H28N4O5/c1-28-11-12-30-17-9-7-14(13-18(17)29-2)20-23-21(27)16(24-25-20)8-10-19(26)22-15-5-3-4-6-15/h7,9,13,15H,3-6,8,10-12H2,1-2H3,(H,22,26)(H,23,25,27). The van der Waals surface area contributed by atoms with Crippen molar-refractivity contribution in [2.45, 2.75) is 44.6 Å². The van der Waals surface area contributed by atoms with Gasteiger partial charge in [0.15, 0.2) is 17.3 Å². The molecule has 1 aromatic carbocycles. The fraction of sp³-hybridized carbons (Fsp3) is 0.524. The Bertz CT molecular complexity index is 909. The molecular formula is C21H28N4O5. The molecule has 1 aromatic heterocycles. The number of nitrogens with zero attached hydrogens (tertiary/aromatic N) is 2. The van der Waals surface area contributed by atoms with Gasteiger partial charge in [0, 0.05) is 31.6 Å². The topological polar surface area (TPSA) is 115 Å². The van der Waals surface area contributed by atoms with Crippen LogP contribution in [0.3, 0.4) is 0 Å². The highest BCUT2D eigenvalue weighted by Gasteiger charge is 2.17. The molecule has 30 heavy (non-hydrogen) atoms. The Hall–Kier alpha value is -2.94. The Labute approximate surface area is 175 Å². The third kappa shape index (κ3) is 5.79. The van der Waals surface area contributed by atoms with E-state index in [-0.39, 0.29) is 36.0 Å². The van der Waals surface area contributed by atoms with Crippen LogP contribution in [0.25, 0.3) is 11.4 Å². The van der Waals surface area contributed by atoms with Gasteiger partial charge in [0.05, 0.1) is 13.7 Å². The molecule has 1 heterocycles. The zero-order chi connectivity index (χ0) is 21.3. The summed E-state index contributed by atoms with van der Waals surface area (Å²) in [6.45, 7) is 0.857. The number of rotatable bonds is 10. The van der Waals surface area contributed by atoms with E-state index in [2.05, 4.69) is 20.5 Å². The fourth-order valence-corrected chi connectivity index (χ4v) is 3.42. The van der Waals surface area contributed by atoms with Crippen LogP contribution in [-0.4, -0.2) is 54.6 Å². The maximum Gasteiger partial charge on any atom is 0.273 e. The van der Waals surface area contributed by atoms with Crippen molar-refractivity contribution in [3.63, 3.8) is 0 Å². The Morgan fingerprint density at radius 2 is 1.97 bits per heavy atom. The molecule has 3 rings (SSSR count). The van der Waals surface area contributed by atoms with Crippen LogP contribution in [0.5, 0.6) is 11.5 Å². The van der Waals surface area contributed by atoms with E-state index in [4.69, 9.17) is 14.2 Å². The second-order valence-electron chi connectivity index (χ2n) is 7.21. The maximum absolute atomic E-state index is 12.4. The lowest BCUT2D eigenvalue weighted by molar-refractivity contribution is -0.121. The van der Waals surface area contributed by atoms with Gasteiger partial charge in [-0.05, 0) is 31.0 Å². The van der Waals surface area contributed by atoms with E-state index in [9.17, 15) is 9.59 Å². The molecule has 1 aliphatic carbocycles. The van der Waals surface area contributed by atoms with Crippen LogP contribution in [0.1, 0.15) is 37.8 Å². The largest absolute Gasteiger partial charge is 0.493 e. The number of aryl methyl sites for hydroxylation is 1. The third-order valence-electron chi connectivity index (χ3n) is 5.06. The van der Waals surface area contributed by atoms with Gasteiger partial charge < -0.3 is 24.5 Å². The Morgan fingerprint density at radius 1 is 1.17 bits per heavy atom. The van der Waals surface area contributed by atoms with Gasteiger partial charge in [-0.15, -0.1) is 10.2 Å². The number of nitrogens with one attached hydrogen (secondary N) is 2. The van der Waals surface area contributed by atoms with Crippen molar-refractivity contribution in [1.82, 2.24) is 20.5 Å². The van der Waals surface area contributed by atoms with Crippen molar-refractivity contribution >= 4 is 5.91 Å². The van der Waals surface area contributed by atoms with Crippen LogP contribution in [0.15, 0.2) is 23.0 Å². The zero-order valence-electron chi connectivity index (χ0n) is 17.4. The first-order valence-electron chi connectivity index (χ1n) is 10.2. The first kappa shape index (κ1) is 21.8. The molecular weight excluding hydrogens is 388 g/mol.